The van der Waals surface area contributed by atoms with E-state index in [9.17, 15) is 9.59 Å². The van der Waals surface area contributed by atoms with Gasteiger partial charge in [0.25, 0.3) is 0 Å². The van der Waals surface area contributed by atoms with Crippen LogP contribution in [0.3, 0.4) is 0 Å². The lowest BCUT2D eigenvalue weighted by molar-refractivity contribution is -0.136. The third-order valence-corrected chi connectivity index (χ3v) is 3.18. The van der Waals surface area contributed by atoms with Crippen molar-refractivity contribution in [3.63, 3.8) is 0 Å². The van der Waals surface area contributed by atoms with E-state index in [0.29, 0.717) is 13.0 Å². The Balaban J connectivity index is 2.92. The van der Waals surface area contributed by atoms with Crippen molar-refractivity contribution in [3.8, 4) is 0 Å². The first-order valence-corrected chi connectivity index (χ1v) is 6.75. The number of carboxylic acids is 1. The lowest BCUT2D eigenvalue weighted by Crippen LogP contribution is -2.37. The maximum atomic E-state index is 12.4. The highest BCUT2D eigenvalue weighted by Gasteiger charge is 2.21. The molecule has 0 aliphatic rings. The van der Waals surface area contributed by atoms with Gasteiger partial charge in [0.05, 0.1) is 6.42 Å². The molecule has 1 atom stereocenters. The van der Waals surface area contributed by atoms with Crippen molar-refractivity contribution in [2.24, 2.45) is 11.7 Å². The fraction of sp³-hybridized carbons (Fsp3) is 0.467. The first-order chi connectivity index (χ1) is 9.45. The van der Waals surface area contributed by atoms with Gasteiger partial charge in [-0.05, 0) is 32.0 Å². The Morgan fingerprint density at radius 1 is 1.30 bits per heavy atom. The summed E-state index contributed by atoms with van der Waals surface area (Å²) in [6, 6.07) is 7.49. The van der Waals surface area contributed by atoms with Crippen LogP contribution >= 0.6 is 0 Å². The van der Waals surface area contributed by atoms with E-state index in [2.05, 4.69) is 0 Å². The molecular formula is C15H22N2O3. The normalized spacial score (nSPS) is 11.9. The molecule has 0 fully saturated rings. The number of carbonyl (C=O) groups excluding carboxylic acids is 1. The summed E-state index contributed by atoms with van der Waals surface area (Å²) >= 11 is 0. The molecule has 0 radical (unpaired) electrons. The number of benzene rings is 1. The van der Waals surface area contributed by atoms with Crippen molar-refractivity contribution in [1.29, 1.82) is 0 Å². The number of amides is 1. The number of anilines is 1. The van der Waals surface area contributed by atoms with Crippen molar-refractivity contribution in [2.45, 2.75) is 26.7 Å². The lowest BCUT2D eigenvalue weighted by Gasteiger charge is -2.25. The number of aryl methyl sites for hydroxylation is 1. The number of aliphatic carboxylic acids is 1. The zero-order valence-electron chi connectivity index (χ0n) is 12.0. The molecule has 20 heavy (non-hydrogen) atoms. The zero-order valence-corrected chi connectivity index (χ0v) is 12.0. The maximum absolute atomic E-state index is 12.4. The van der Waals surface area contributed by atoms with Gasteiger partial charge in [-0.15, -0.1) is 0 Å². The SMILES string of the molecule is Cc1ccc(N(CCC(=O)O)C(=O)C(C)CCN)cc1. The average molecular weight is 278 g/mol. The van der Waals surface area contributed by atoms with Gasteiger partial charge in [-0.1, -0.05) is 24.6 Å². The molecule has 0 saturated heterocycles. The first kappa shape index (κ1) is 16.2. The average Bonchev–Trinajstić information content (AvgIpc) is 2.40. The third-order valence-electron chi connectivity index (χ3n) is 3.18. The second kappa shape index (κ2) is 7.65. The molecule has 0 aromatic heterocycles. The Labute approximate surface area is 119 Å². The second-order valence-corrected chi connectivity index (χ2v) is 4.95. The van der Waals surface area contributed by atoms with Crippen LogP contribution in [0.15, 0.2) is 24.3 Å². The lowest BCUT2D eigenvalue weighted by atomic mass is 10.1. The Morgan fingerprint density at radius 3 is 2.40 bits per heavy atom. The molecule has 0 heterocycles. The molecule has 0 aliphatic carbocycles. The Kier molecular flexibility index (Phi) is 6.18. The molecule has 1 rings (SSSR count). The first-order valence-electron chi connectivity index (χ1n) is 6.75. The predicted molar refractivity (Wildman–Crippen MR) is 78.6 cm³/mol. The molecular weight excluding hydrogens is 256 g/mol. The van der Waals surface area contributed by atoms with Crippen molar-refractivity contribution in [2.75, 3.05) is 18.0 Å². The summed E-state index contributed by atoms with van der Waals surface area (Å²) < 4.78 is 0. The van der Waals surface area contributed by atoms with Crippen LogP contribution in [0.5, 0.6) is 0 Å². The van der Waals surface area contributed by atoms with E-state index in [4.69, 9.17) is 10.8 Å². The highest BCUT2D eigenvalue weighted by molar-refractivity contribution is 5.95. The van der Waals surface area contributed by atoms with Crippen LogP contribution in [0.25, 0.3) is 0 Å². The number of nitrogens with zero attached hydrogens (tertiary/aromatic N) is 1. The molecule has 0 aliphatic heterocycles. The molecule has 0 saturated carbocycles. The standard InChI is InChI=1S/C15H22N2O3/c1-11-3-5-13(6-4-11)17(10-8-14(18)19)15(20)12(2)7-9-16/h3-6,12H,7-10,16H2,1-2H3,(H,18,19). The second-order valence-electron chi connectivity index (χ2n) is 4.95. The number of carbonyl (C=O) groups is 2. The smallest absolute Gasteiger partial charge is 0.305 e. The summed E-state index contributed by atoms with van der Waals surface area (Å²) in [7, 11) is 0. The summed E-state index contributed by atoms with van der Waals surface area (Å²) in [6.07, 6.45) is 0.517. The Bertz CT molecular complexity index is 457. The molecule has 5 heteroatoms. The highest BCUT2D eigenvalue weighted by Crippen LogP contribution is 2.19. The van der Waals surface area contributed by atoms with Crippen molar-refractivity contribution >= 4 is 17.6 Å². The molecule has 0 spiro atoms. The minimum absolute atomic E-state index is 0.0744. The Morgan fingerprint density at radius 2 is 1.90 bits per heavy atom. The van der Waals surface area contributed by atoms with Gasteiger partial charge in [0.1, 0.15) is 0 Å². The summed E-state index contributed by atoms with van der Waals surface area (Å²) in [4.78, 5) is 24.7. The van der Waals surface area contributed by atoms with Gasteiger partial charge in [0.2, 0.25) is 5.91 Å². The van der Waals surface area contributed by atoms with Crippen LogP contribution < -0.4 is 10.6 Å². The largest absolute Gasteiger partial charge is 0.481 e. The molecule has 1 aromatic rings. The van der Waals surface area contributed by atoms with Crippen molar-refractivity contribution in [1.82, 2.24) is 0 Å². The minimum Gasteiger partial charge on any atom is -0.481 e. The van der Waals surface area contributed by atoms with Gasteiger partial charge < -0.3 is 15.7 Å². The van der Waals surface area contributed by atoms with Crippen LogP contribution in [0.4, 0.5) is 5.69 Å². The number of nitrogens with two attached hydrogens (primary N) is 1. The number of hydrogen-bond donors (Lipinski definition) is 2. The van der Waals surface area contributed by atoms with E-state index in [0.717, 1.165) is 11.3 Å². The van der Waals surface area contributed by atoms with Crippen molar-refractivity contribution in [3.05, 3.63) is 29.8 Å². The minimum atomic E-state index is -0.915. The highest BCUT2D eigenvalue weighted by atomic mass is 16.4. The van der Waals surface area contributed by atoms with Crippen LogP contribution in [0.1, 0.15) is 25.3 Å². The summed E-state index contributed by atoms with van der Waals surface area (Å²) in [5.74, 6) is -1.21. The fourth-order valence-corrected chi connectivity index (χ4v) is 1.94. The molecule has 0 bridgehead atoms. The van der Waals surface area contributed by atoms with E-state index in [1.807, 2.05) is 38.1 Å². The van der Waals surface area contributed by atoms with Gasteiger partial charge in [-0.2, -0.15) is 0 Å². The monoisotopic (exact) mass is 278 g/mol. The molecule has 1 unspecified atom stereocenters. The number of rotatable bonds is 7. The topological polar surface area (TPSA) is 83.6 Å². The fourth-order valence-electron chi connectivity index (χ4n) is 1.94. The van der Waals surface area contributed by atoms with E-state index in [1.165, 1.54) is 4.90 Å². The summed E-state index contributed by atoms with van der Waals surface area (Å²) in [5, 5.41) is 8.82. The molecule has 5 nitrogen and oxygen atoms in total. The number of carboxylic acid groups (broad SMARTS) is 1. The summed E-state index contributed by atoms with van der Waals surface area (Å²) in [5.41, 5.74) is 7.30. The van der Waals surface area contributed by atoms with E-state index < -0.39 is 5.97 Å². The molecule has 110 valence electrons. The van der Waals surface area contributed by atoms with Crippen LogP contribution in [0, 0.1) is 12.8 Å². The molecule has 3 N–H and O–H groups in total. The Hall–Kier alpha value is -1.88. The van der Waals surface area contributed by atoms with Gasteiger partial charge in [0, 0.05) is 18.2 Å². The van der Waals surface area contributed by atoms with Gasteiger partial charge in [-0.25, -0.2) is 0 Å². The van der Waals surface area contributed by atoms with Gasteiger partial charge >= 0.3 is 5.97 Å². The number of hydrogen-bond acceptors (Lipinski definition) is 3. The maximum Gasteiger partial charge on any atom is 0.305 e. The van der Waals surface area contributed by atoms with Gasteiger partial charge in [0.15, 0.2) is 0 Å². The predicted octanol–water partition coefficient (Wildman–Crippen LogP) is 1.79. The van der Waals surface area contributed by atoms with Crippen LogP contribution in [0.2, 0.25) is 0 Å². The van der Waals surface area contributed by atoms with E-state index in [1.54, 1.807) is 0 Å². The quantitative estimate of drug-likeness (QED) is 0.796. The zero-order chi connectivity index (χ0) is 15.1. The van der Waals surface area contributed by atoms with Gasteiger partial charge in [-0.3, -0.25) is 9.59 Å². The van der Waals surface area contributed by atoms with E-state index in [-0.39, 0.29) is 24.8 Å². The molecule has 1 aromatic carbocycles. The summed E-state index contributed by atoms with van der Waals surface area (Å²) in [6.45, 7) is 4.39. The molecule has 1 amide bonds. The van der Waals surface area contributed by atoms with Crippen LogP contribution in [-0.4, -0.2) is 30.1 Å². The van der Waals surface area contributed by atoms with E-state index >= 15 is 0 Å². The van der Waals surface area contributed by atoms with Crippen molar-refractivity contribution < 1.29 is 14.7 Å². The third kappa shape index (κ3) is 4.66. The van der Waals surface area contributed by atoms with Crippen LogP contribution in [-0.2, 0) is 9.59 Å².